The van der Waals surface area contributed by atoms with Gasteiger partial charge in [-0.1, -0.05) is 52.0 Å². The summed E-state index contributed by atoms with van der Waals surface area (Å²) >= 11 is 5.95. The van der Waals surface area contributed by atoms with Crippen LogP contribution in [0.5, 0.6) is 11.5 Å². The number of rotatable bonds is 12. The number of nitrogens with one attached hydrogen (secondary N) is 1. The van der Waals surface area contributed by atoms with Crippen molar-refractivity contribution in [1.82, 2.24) is 15.3 Å². The molecule has 45 heavy (non-hydrogen) atoms. The fourth-order valence-corrected chi connectivity index (χ4v) is 5.81. The molecular formula is C32H33BrN4O6S2. The number of aliphatic carboxylic acids is 2. The Labute approximate surface area is 278 Å². The van der Waals surface area contributed by atoms with Crippen molar-refractivity contribution in [2.45, 2.75) is 23.6 Å². The van der Waals surface area contributed by atoms with E-state index >= 15 is 0 Å². The first kappa shape index (κ1) is 37.2. The second kappa shape index (κ2) is 20.1. The Balaban J connectivity index is 0.000000283. The van der Waals surface area contributed by atoms with Crippen LogP contribution in [0.3, 0.4) is 0 Å². The van der Waals surface area contributed by atoms with Gasteiger partial charge in [-0.05, 0) is 35.4 Å². The van der Waals surface area contributed by atoms with Gasteiger partial charge in [-0.2, -0.15) is 23.5 Å². The number of hydrogen-bond acceptors (Lipinski definition) is 10. The number of thioether (sulfide) groups is 2. The second-order valence-electron chi connectivity index (χ2n) is 9.08. The molecule has 0 radical (unpaired) electrons. The molecule has 0 saturated carbocycles. The molecule has 0 fully saturated rings. The van der Waals surface area contributed by atoms with Crippen molar-refractivity contribution < 1.29 is 30.0 Å². The average Bonchev–Trinajstić information content (AvgIpc) is 3.05. The number of phenols is 2. The number of terminal acetylenes is 2. The van der Waals surface area contributed by atoms with E-state index in [1.54, 1.807) is 30.6 Å². The van der Waals surface area contributed by atoms with Crippen molar-refractivity contribution in [3.05, 3.63) is 72.1 Å². The number of carbonyl (C=O) groups is 2. The molecule has 0 amide bonds. The summed E-state index contributed by atoms with van der Waals surface area (Å²) in [7, 11) is 0. The molecule has 4 aromatic rings. The quantitative estimate of drug-likeness (QED) is 0.0899. The van der Waals surface area contributed by atoms with E-state index in [2.05, 4.69) is 43.1 Å². The number of aromatic hydroxyl groups is 2. The predicted octanol–water partition coefficient (Wildman–Crippen LogP) is 4.45. The fourth-order valence-electron chi connectivity index (χ4n) is 3.74. The van der Waals surface area contributed by atoms with E-state index in [-0.39, 0.29) is 18.0 Å². The Bertz CT molecular complexity index is 1660. The Morgan fingerprint density at radius 1 is 0.844 bits per heavy atom. The first-order chi connectivity index (χ1) is 21.6. The molecular weight excluding hydrogens is 680 g/mol. The molecule has 4 rings (SSSR count). The van der Waals surface area contributed by atoms with Crippen molar-refractivity contribution in [2.24, 2.45) is 5.73 Å². The van der Waals surface area contributed by atoms with E-state index in [0.29, 0.717) is 39.4 Å². The van der Waals surface area contributed by atoms with Gasteiger partial charge in [-0.15, -0.1) is 12.8 Å². The first-order valence-electron chi connectivity index (χ1n) is 13.3. The number of alkyl halides is 1. The number of carboxylic acids is 2. The van der Waals surface area contributed by atoms with Crippen molar-refractivity contribution in [1.29, 1.82) is 0 Å². The van der Waals surface area contributed by atoms with E-state index in [0.717, 1.165) is 21.9 Å². The highest BCUT2D eigenvalue weighted by molar-refractivity contribution is 9.09. The van der Waals surface area contributed by atoms with Gasteiger partial charge in [0.1, 0.15) is 34.6 Å². The zero-order chi connectivity index (χ0) is 33.2. The molecule has 0 bridgehead atoms. The van der Waals surface area contributed by atoms with Crippen LogP contribution in [0.15, 0.2) is 60.9 Å². The predicted molar refractivity (Wildman–Crippen MR) is 186 cm³/mol. The standard InChI is InChI=1S/C16H16N2O3S.C13H14N2O3S.C3H3Br/c1-2-7-17-13(16(20)21)10-22-9-11-5-6-14(19)15-12(11)4-3-8-18-15;14-10(13(17)18)7-19-6-8-3-4-11(16)12-9(8)2-1-5-15-12;1-2-3-4/h1,3-6,8,13,17,19H,7,9-10H2,(H,20,21);1-5,10,16H,6-7,14H2,(H,17,18);1H,3H2/t13-;10-;/m11./s1. The van der Waals surface area contributed by atoms with Crippen molar-refractivity contribution in [2.75, 3.05) is 23.4 Å². The van der Waals surface area contributed by atoms with Crippen LogP contribution in [0.25, 0.3) is 21.8 Å². The summed E-state index contributed by atoms with van der Waals surface area (Å²) in [6, 6.07) is 12.7. The molecule has 13 heteroatoms. The van der Waals surface area contributed by atoms with Crippen LogP contribution in [0.4, 0.5) is 0 Å². The maximum absolute atomic E-state index is 11.1. The number of hydrogen-bond donors (Lipinski definition) is 6. The fraction of sp³-hybridized carbons (Fsp3) is 0.250. The summed E-state index contributed by atoms with van der Waals surface area (Å²) in [6.45, 7) is 0.226. The average molecular weight is 714 g/mol. The van der Waals surface area contributed by atoms with Crippen molar-refractivity contribution in [3.8, 4) is 36.2 Å². The van der Waals surface area contributed by atoms with Gasteiger partial charge in [-0.25, -0.2) is 0 Å². The van der Waals surface area contributed by atoms with Gasteiger partial charge in [0.15, 0.2) is 0 Å². The van der Waals surface area contributed by atoms with E-state index < -0.39 is 24.0 Å². The molecule has 2 aromatic heterocycles. The van der Waals surface area contributed by atoms with Gasteiger partial charge in [0.2, 0.25) is 0 Å². The molecule has 2 aromatic carbocycles. The highest BCUT2D eigenvalue weighted by Gasteiger charge is 2.16. The van der Waals surface area contributed by atoms with E-state index in [4.69, 9.17) is 28.8 Å². The summed E-state index contributed by atoms with van der Waals surface area (Å²) in [5.41, 5.74) is 8.57. The summed E-state index contributed by atoms with van der Waals surface area (Å²) in [4.78, 5) is 30.0. The van der Waals surface area contributed by atoms with Gasteiger partial charge in [-0.3, -0.25) is 24.9 Å². The number of benzene rings is 2. The lowest BCUT2D eigenvalue weighted by Gasteiger charge is -2.13. The molecule has 2 heterocycles. The molecule has 236 valence electrons. The Hall–Kier alpha value is -3.98. The van der Waals surface area contributed by atoms with E-state index in [1.165, 1.54) is 23.5 Å². The van der Waals surface area contributed by atoms with Crippen molar-refractivity contribution in [3.63, 3.8) is 0 Å². The Morgan fingerprint density at radius 3 is 1.76 bits per heavy atom. The molecule has 10 nitrogen and oxygen atoms in total. The third-order valence-electron chi connectivity index (χ3n) is 5.92. The molecule has 0 aliphatic carbocycles. The molecule has 7 N–H and O–H groups in total. The van der Waals surface area contributed by atoms with Gasteiger partial charge >= 0.3 is 11.9 Å². The van der Waals surface area contributed by atoms with Crippen LogP contribution in [0.1, 0.15) is 11.1 Å². The molecule has 0 aliphatic rings. The maximum Gasteiger partial charge on any atom is 0.321 e. The summed E-state index contributed by atoms with van der Waals surface area (Å²) in [5.74, 6) is 5.10. The van der Waals surface area contributed by atoms with Gasteiger partial charge in [0.05, 0.1) is 11.9 Å². The largest absolute Gasteiger partial charge is 0.506 e. The number of carboxylic acid groups (broad SMARTS) is 2. The summed E-state index contributed by atoms with van der Waals surface area (Å²) < 4.78 is 0. The molecule has 0 spiro atoms. The minimum absolute atomic E-state index is 0.142. The highest BCUT2D eigenvalue weighted by Crippen LogP contribution is 2.29. The molecule has 0 saturated heterocycles. The monoisotopic (exact) mass is 712 g/mol. The van der Waals surface area contributed by atoms with Crippen LogP contribution in [-0.4, -0.2) is 77.8 Å². The number of pyridine rings is 2. The topological polar surface area (TPSA) is 179 Å². The van der Waals surface area contributed by atoms with Gasteiger partial charge in [0.25, 0.3) is 0 Å². The minimum atomic E-state index is -0.996. The zero-order valence-electron chi connectivity index (χ0n) is 24.1. The lowest BCUT2D eigenvalue weighted by Crippen LogP contribution is -2.38. The first-order valence-corrected chi connectivity index (χ1v) is 16.7. The smallest absolute Gasteiger partial charge is 0.321 e. The SMILES string of the molecule is C#CCBr.C#CCN[C@H](CSCc1ccc(O)c2ncccc12)C(=O)O.N[C@H](CSCc1ccc(O)c2ncccc12)C(=O)O. The number of nitrogens with two attached hydrogens (primary N) is 1. The maximum atomic E-state index is 11.1. The Kier molecular flexibility index (Phi) is 16.6. The van der Waals surface area contributed by atoms with Crippen LogP contribution >= 0.6 is 39.5 Å². The number of nitrogens with zero attached hydrogens (tertiary/aromatic N) is 2. The Morgan fingerprint density at radius 2 is 1.33 bits per heavy atom. The molecule has 0 unspecified atom stereocenters. The van der Waals surface area contributed by atoms with Crippen molar-refractivity contribution >= 4 is 73.2 Å². The molecule has 2 atom stereocenters. The third kappa shape index (κ3) is 12.1. The number of halogens is 1. The number of fused-ring (bicyclic) bond motifs is 2. The minimum Gasteiger partial charge on any atom is -0.506 e. The summed E-state index contributed by atoms with van der Waals surface area (Å²) in [5, 5.41) is 42.5. The zero-order valence-corrected chi connectivity index (χ0v) is 27.3. The van der Waals surface area contributed by atoms with Crippen LogP contribution < -0.4 is 11.1 Å². The third-order valence-corrected chi connectivity index (χ3v) is 8.44. The van der Waals surface area contributed by atoms with E-state index in [1.807, 2.05) is 30.3 Å². The normalized spacial score (nSPS) is 11.6. The molecule has 0 aliphatic heterocycles. The van der Waals surface area contributed by atoms with Gasteiger partial charge in [0, 0.05) is 46.2 Å². The number of aromatic nitrogens is 2. The summed E-state index contributed by atoms with van der Waals surface area (Å²) in [6.07, 6.45) is 13.1. The number of phenolic OH excluding ortho intramolecular Hbond substituents is 2. The van der Waals surface area contributed by atoms with Crippen LogP contribution in [0, 0.1) is 24.7 Å². The highest BCUT2D eigenvalue weighted by atomic mass is 79.9. The van der Waals surface area contributed by atoms with Gasteiger partial charge < -0.3 is 26.2 Å². The lowest BCUT2D eigenvalue weighted by atomic mass is 10.1. The lowest BCUT2D eigenvalue weighted by molar-refractivity contribution is -0.139. The van der Waals surface area contributed by atoms with Crippen LogP contribution in [-0.2, 0) is 21.1 Å². The second-order valence-corrected chi connectivity index (χ2v) is 11.7. The van der Waals surface area contributed by atoms with Crippen LogP contribution in [0.2, 0.25) is 0 Å². The van der Waals surface area contributed by atoms with E-state index in [9.17, 15) is 19.8 Å².